The highest BCUT2D eigenvalue weighted by atomic mass is 32.2. The fourth-order valence-corrected chi connectivity index (χ4v) is 2.06. The molecule has 0 radical (unpaired) electrons. The number of hydrogen-bond acceptors (Lipinski definition) is 4. The van der Waals surface area contributed by atoms with Crippen LogP contribution in [0.25, 0.3) is 0 Å². The van der Waals surface area contributed by atoms with Gasteiger partial charge in [-0.1, -0.05) is 18.2 Å². The van der Waals surface area contributed by atoms with Crippen LogP contribution in [0.5, 0.6) is 11.5 Å². The second-order valence-electron chi connectivity index (χ2n) is 3.51. The van der Waals surface area contributed by atoms with E-state index in [0.29, 0.717) is 11.5 Å². The van der Waals surface area contributed by atoms with Crippen LogP contribution in [-0.2, 0) is 14.3 Å². The highest BCUT2D eigenvalue weighted by Gasteiger charge is 2.12. The van der Waals surface area contributed by atoms with E-state index in [2.05, 4.69) is 4.18 Å². The van der Waals surface area contributed by atoms with E-state index in [1.54, 1.807) is 12.1 Å². The Morgan fingerprint density at radius 1 is 0.833 bits per heavy atom. The number of benzene rings is 2. The smallest absolute Gasteiger partial charge is 0.296 e. The Morgan fingerprint density at radius 3 is 1.94 bits per heavy atom. The first kappa shape index (κ1) is 12.6. The molecule has 0 atom stereocenters. The molecule has 4 nitrogen and oxygen atoms in total. The van der Waals surface area contributed by atoms with Gasteiger partial charge in [0.15, 0.2) is 0 Å². The molecule has 0 fully saturated rings. The first-order chi connectivity index (χ1) is 8.62. The minimum absolute atomic E-state index is 0.102. The Hall–Kier alpha value is -1.85. The molecule has 0 spiro atoms. The summed E-state index contributed by atoms with van der Waals surface area (Å²) in [5.41, 5.74) is 0. The third-order valence-corrected chi connectivity index (χ3v) is 3.60. The van der Waals surface area contributed by atoms with Gasteiger partial charge in [-0.05, 0) is 36.4 Å². The highest BCUT2D eigenvalue weighted by Crippen LogP contribution is 2.22. The predicted octanol–water partition coefficient (Wildman–Crippen LogP) is 2.81. The summed E-state index contributed by atoms with van der Waals surface area (Å²) in [5, 5.41) is 0. The molecule has 0 N–H and O–H groups in total. The van der Waals surface area contributed by atoms with Crippen molar-refractivity contribution < 1.29 is 17.3 Å². The summed E-state index contributed by atoms with van der Waals surface area (Å²) in [7, 11) is -2.51. The van der Waals surface area contributed by atoms with Crippen molar-refractivity contribution in [3.05, 3.63) is 54.6 Å². The Kier molecular flexibility index (Phi) is 3.64. The van der Waals surface area contributed by atoms with Gasteiger partial charge in [0, 0.05) is 0 Å². The van der Waals surface area contributed by atoms with Gasteiger partial charge in [-0.25, -0.2) is 0 Å². The van der Waals surface area contributed by atoms with Gasteiger partial charge in [-0.3, -0.25) is 4.18 Å². The van der Waals surface area contributed by atoms with Crippen LogP contribution in [0.3, 0.4) is 0 Å². The quantitative estimate of drug-likeness (QED) is 0.797. The van der Waals surface area contributed by atoms with Crippen LogP contribution in [0.1, 0.15) is 0 Å². The lowest BCUT2D eigenvalue weighted by Gasteiger charge is -2.06. The average Bonchev–Trinajstić information content (AvgIpc) is 2.40. The van der Waals surface area contributed by atoms with E-state index in [1.807, 2.05) is 30.3 Å². The molecular formula is C13H12O4S. The van der Waals surface area contributed by atoms with Gasteiger partial charge in [-0.15, -0.1) is 0 Å². The van der Waals surface area contributed by atoms with Crippen molar-refractivity contribution in [2.75, 3.05) is 7.11 Å². The van der Waals surface area contributed by atoms with Crippen molar-refractivity contribution in [3.63, 3.8) is 0 Å². The Morgan fingerprint density at radius 2 is 1.39 bits per heavy atom. The van der Waals surface area contributed by atoms with Gasteiger partial charge in [-0.2, -0.15) is 8.42 Å². The minimum Gasteiger partial charge on any atom is -0.457 e. The van der Waals surface area contributed by atoms with E-state index >= 15 is 0 Å². The zero-order chi connectivity index (χ0) is 13.0. The average molecular weight is 264 g/mol. The van der Waals surface area contributed by atoms with Gasteiger partial charge in [0.2, 0.25) is 0 Å². The molecule has 18 heavy (non-hydrogen) atoms. The molecule has 2 rings (SSSR count). The molecule has 0 aliphatic rings. The maximum absolute atomic E-state index is 11.4. The number of rotatable bonds is 4. The fraction of sp³-hybridized carbons (Fsp3) is 0.0769. The van der Waals surface area contributed by atoms with Crippen molar-refractivity contribution in [2.24, 2.45) is 0 Å². The molecule has 0 saturated heterocycles. The second kappa shape index (κ2) is 5.20. The largest absolute Gasteiger partial charge is 0.457 e. The third kappa shape index (κ3) is 2.88. The molecule has 5 heteroatoms. The van der Waals surface area contributed by atoms with E-state index in [4.69, 9.17) is 4.74 Å². The molecule has 2 aromatic carbocycles. The Balaban J connectivity index is 2.19. The normalized spacial score (nSPS) is 11.2. The van der Waals surface area contributed by atoms with Gasteiger partial charge in [0.25, 0.3) is 10.1 Å². The topological polar surface area (TPSA) is 52.6 Å². The van der Waals surface area contributed by atoms with E-state index < -0.39 is 10.1 Å². The molecule has 0 aliphatic heterocycles. The van der Waals surface area contributed by atoms with E-state index in [-0.39, 0.29) is 4.90 Å². The number of hydrogen-bond donors (Lipinski definition) is 0. The van der Waals surface area contributed by atoms with Gasteiger partial charge in [0.05, 0.1) is 12.0 Å². The molecule has 0 aliphatic carbocycles. The maximum Gasteiger partial charge on any atom is 0.296 e. The molecule has 0 unspecified atom stereocenters. The van der Waals surface area contributed by atoms with Crippen LogP contribution < -0.4 is 4.74 Å². The van der Waals surface area contributed by atoms with Crippen LogP contribution in [0, 0.1) is 0 Å². The van der Waals surface area contributed by atoms with Crippen LogP contribution in [0.2, 0.25) is 0 Å². The first-order valence-electron chi connectivity index (χ1n) is 5.25. The molecular weight excluding hydrogens is 252 g/mol. The summed E-state index contributed by atoms with van der Waals surface area (Å²) in [6.07, 6.45) is 0. The zero-order valence-corrected chi connectivity index (χ0v) is 10.6. The SMILES string of the molecule is COS(=O)(=O)c1ccc(Oc2ccccc2)cc1. The summed E-state index contributed by atoms with van der Waals surface area (Å²) in [5.74, 6) is 1.26. The zero-order valence-electron chi connectivity index (χ0n) is 9.74. The summed E-state index contributed by atoms with van der Waals surface area (Å²) in [6.45, 7) is 0. The highest BCUT2D eigenvalue weighted by molar-refractivity contribution is 7.86. The maximum atomic E-state index is 11.4. The van der Waals surface area contributed by atoms with Gasteiger partial charge in [0.1, 0.15) is 11.5 Å². The number of para-hydroxylation sites is 1. The first-order valence-corrected chi connectivity index (χ1v) is 6.66. The van der Waals surface area contributed by atoms with E-state index in [1.165, 1.54) is 12.1 Å². The molecule has 0 amide bonds. The molecule has 0 aromatic heterocycles. The van der Waals surface area contributed by atoms with Crippen molar-refractivity contribution in [2.45, 2.75) is 4.90 Å². The van der Waals surface area contributed by atoms with E-state index in [9.17, 15) is 8.42 Å². The minimum atomic E-state index is -3.64. The molecule has 0 heterocycles. The lowest BCUT2D eigenvalue weighted by molar-refractivity contribution is 0.397. The van der Waals surface area contributed by atoms with Crippen LogP contribution in [-0.4, -0.2) is 15.5 Å². The fourth-order valence-electron chi connectivity index (χ4n) is 1.40. The summed E-state index contributed by atoms with van der Waals surface area (Å²) in [6, 6.07) is 15.3. The van der Waals surface area contributed by atoms with Crippen molar-refractivity contribution in [3.8, 4) is 11.5 Å². The number of ether oxygens (including phenoxy) is 1. The van der Waals surface area contributed by atoms with Crippen molar-refractivity contribution >= 4 is 10.1 Å². The Bertz CT molecular complexity index is 603. The van der Waals surface area contributed by atoms with Crippen molar-refractivity contribution in [1.82, 2.24) is 0 Å². The summed E-state index contributed by atoms with van der Waals surface area (Å²) in [4.78, 5) is 0.102. The summed E-state index contributed by atoms with van der Waals surface area (Å²) >= 11 is 0. The monoisotopic (exact) mass is 264 g/mol. The summed E-state index contributed by atoms with van der Waals surface area (Å²) < 4.78 is 32.8. The van der Waals surface area contributed by atoms with Crippen molar-refractivity contribution in [1.29, 1.82) is 0 Å². The van der Waals surface area contributed by atoms with Crippen LogP contribution in [0.15, 0.2) is 59.5 Å². The molecule has 94 valence electrons. The van der Waals surface area contributed by atoms with Gasteiger partial charge >= 0.3 is 0 Å². The van der Waals surface area contributed by atoms with E-state index in [0.717, 1.165) is 7.11 Å². The molecule has 0 saturated carbocycles. The van der Waals surface area contributed by atoms with Crippen LogP contribution in [0.4, 0.5) is 0 Å². The third-order valence-electron chi connectivity index (χ3n) is 2.31. The molecule has 0 bridgehead atoms. The lowest BCUT2D eigenvalue weighted by Crippen LogP contribution is -2.02. The standard InChI is InChI=1S/C13H12O4S/c1-16-18(14,15)13-9-7-12(8-10-13)17-11-5-3-2-4-6-11/h2-10H,1H3. The molecule has 2 aromatic rings. The van der Waals surface area contributed by atoms with Gasteiger partial charge < -0.3 is 4.74 Å². The predicted molar refractivity (Wildman–Crippen MR) is 67.2 cm³/mol. The second-order valence-corrected chi connectivity index (χ2v) is 5.22. The Labute approximate surface area is 106 Å². The lowest BCUT2D eigenvalue weighted by atomic mass is 10.3. The van der Waals surface area contributed by atoms with Crippen LogP contribution >= 0.6 is 0 Å².